The lowest BCUT2D eigenvalue weighted by molar-refractivity contribution is -0.151. The van der Waals surface area contributed by atoms with E-state index in [-0.39, 0.29) is 34.4 Å². The second kappa shape index (κ2) is 12.9. The zero-order valence-electron chi connectivity index (χ0n) is 24.4. The van der Waals surface area contributed by atoms with Crippen LogP contribution in [0.3, 0.4) is 0 Å². The van der Waals surface area contributed by atoms with Gasteiger partial charge in [-0.15, -0.1) is 0 Å². The van der Waals surface area contributed by atoms with Crippen LogP contribution in [0.15, 0.2) is 12.2 Å². The van der Waals surface area contributed by atoms with Gasteiger partial charge < -0.3 is 20.1 Å². The molecule has 0 radical (unpaired) electrons. The molecule has 0 unspecified atom stereocenters. The van der Waals surface area contributed by atoms with Crippen LogP contribution in [0.5, 0.6) is 0 Å². The molecule has 36 heavy (non-hydrogen) atoms. The molecule has 0 saturated carbocycles. The maximum absolute atomic E-state index is 12.7. The summed E-state index contributed by atoms with van der Waals surface area (Å²) in [6.07, 6.45) is 13.3. The number of hydrogen-bond donors (Lipinski definition) is 2. The predicted molar refractivity (Wildman–Crippen MR) is 147 cm³/mol. The van der Waals surface area contributed by atoms with Crippen molar-refractivity contribution in [1.82, 2.24) is 10.6 Å². The van der Waals surface area contributed by atoms with Crippen molar-refractivity contribution in [2.45, 2.75) is 167 Å². The first-order valence-corrected chi connectivity index (χ1v) is 14.7. The predicted octanol–water partition coefficient (Wildman–Crippen LogP) is 6.37. The summed E-state index contributed by atoms with van der Waals surface area (Å²) in [6, 6.07) is 0. The molecular formula is C30H54N2O4. The van der Waals surface area contributed by atoms with Gasteiger partial charge in [0.1, 0.15) is 12.2 Å². The van der Waals surface area contributed by atoms with Crippen molar-refractivity contribution in [2.75, 3.05) is 0 Å². The molecule has 2 fully saturated rings. The van der Waals surface area contributed by atoms with Crippen LogP contribution >= 0.6 is 0 Å². The monoisotopic (exact) mass is 506 g/mol. The standard InChI is InChI=1S/C30H54N2O4/c1-9-27(10-2)19-23(20-28(11-3,12-4)31-27)35-25(33)17-18-26(34)36-24-21-29(13-5,14-6)32-30(15-7,16-8)22-24/h17-18,23-24,31-32H,9-16,19-22H2,1-8H3/b18-17-. The van der Waals surface area contributed by atoms with Gasteiger partial charge in [0.2, 0.25) is 0 Å². The Morgan fingerprint density at radius 1 is 0.556 bits per heavy atom. The minimum Gasteiger partial charge on any atom is -0.459 e. The molecule has 2 saturated heterocycles. The Bertz CT molecular complexity index is 644. The van der Waals surface area contributed by atoms with Gasteiger partial charge in [0.15, 0.2) is 0 Å². The van der Waals surface area contributed by atoms with E-state index in [2.05, 4.69) is 66.0 Å². The van der Waals surface area contributed by atoms with Gasteiger partial charge in [-0.25, -0.2) is 9.59 Å². The van der Waals surface area contributed by atoms with Crippen LogP contribution in [0.25, 0.3) is 0 Å². The second-order valence-electron chi connectivity index (χ2n) is 11.5. The number of nitrogens with one attached hydrogen (secondary N) is 2. The van der Waals surface area contributed by atoms with E-state index in [9.17, 15) is 9.59 Å². The quantitative estimate of drug-likeness (QED) is 0.237. The van der Waals surface area contributed by atoms with Crippen molar-refractivity contribution in [3.05, 3.63) is 12.2 Å². The molecule has 0 aromatic rings. The Hall–Kier alpha value is -1.40. The second-order valence-corrected chi connectivity index (χ2v) is 11.5. The first-order chi connectivity index (χ1) is 17.1. The van der Waals surface area contributed by atoms with E-state index in [4.69, 9.17) is 9.47 Å². The summed E-state index contributed by atoms with van der Waals surface area (Å²) in [6.45, 7) is 17.6. The van der Waals surface area contributed by atoms with Crippen LogP contribution in [-0.4, -0.2) is 46.3 Å². The molecule has 2 aliphatic rings. The first kappa shape index (κ1) is 30.8. The molecule has 0 atom stereocenters. The molecule has 0 amide bonds. The van der Waals surface area contributed by atoms with Gasteiger partial charge >= 0.3 is 11.9 Å². The number of rotatable bonds is 12. The zero-order chi connectivity index (χ0) is 27.0. The summed E-state index contributed by atoms with van der Waals surface area (Å²) >= 11 is 0. The molecular weight excluding hydrogens is 452 g/mol. The Balaban J connectivity index is 2.04. The highest BCUT2D eigenvalue weighted by Crippen LogP contribution is 2.39. The molecule has 2 heterocycles. The molecule has 0 aromatic carbocycles. The molecule has 0 aromatic heterocycles. The average Bonchev–Trinajstić information content (AvgIpc) is 2.91. The van der Waals surface area contributed by atoms with Gasteiger partial charge in [-0.1, -0.05) is 55.4 Å². The summed E-state index contributed by atoms with van der Waals surface area (Å²) < 4.78 is 11.8. The SMILES string of the molecule is CCC1(CC)CC(OC(=O)/C=C\C(=O)OC2CC(CC)(CC)NC(CC)(CC)C2)CC(CC)(CC)N1. The van der Waals surface area contributed by atoms with Gasteiger partial charge in [0, 0.05) is 60.0 Å². The van der Waals surface area contributed by atoms with Crippen molar-refractivity contribution in [2.24, 2.45) is 0 Å². The summed E-state index contributed by atoms with van der Waals surface area (Å²) in [5, 5.41) is 7.84. The van der Waals surface area contributed by atoms with Crippen LogP contribution in [0.2, 0.25) is 0 Å². The van der Waals surface area contributed by atoms with Crippen molar-refractivity contribution in [3.8, 4) is 0 Å². The van der Waals surface area contributed by atoms with Crippen LogP contribution in [-0.2, 0) is 19.1 Å². The van der Waals surface area contributed by atoms with Gasteiger partial charge in [-0.05, 0) is 51.4 Å². The molecule has 6 heteroatoms. The van der Waals surface area contributed by atoms with E-state index in [1.165, 1.54) is 12.2 Å². The van der Waals surface area contributed by atoms with Crippen molar-refractivity contribution in [1.29, 1.82) is 0 Å². The largest absolute Gasteiger partial charge is 0.459 e. The first-order valence-electron chi connectivity index (χ1n) is 14.7. The number of carbonyl (C=O) groups excluding carboxylic acids is 2. The molecule has 6 nitrogen and oxygen atoms in total. The summed E-state index contributed by atoms with van der Waals surface area (Å²) in [5.41, 5.74) is -0.0993. The number of carbonyl (C=O) groups is 2. The van der Waals surface area contributed by atoms with E-state index in [1.54, 1.807) is 0 Å². The lowest BCUT2D eigenvalue weighted by Crippen LogP contribution is -2.64. The normalized spacial score (nSPS) is 23.4. The van der Waals surface area contributed by atoms with Gasteiger partial charge in [-0.2, -0.15) is 0 Å². The maximum atomic E-state index is 12.7. The smallest absolute Gasteiger partial charge is 0.331 e. The summed E-state index contributed by atoms with van der Waals surface area (Å²) in [4.78, 5) is 25.5. The molecule has 0 spiro atoms. The van der Waals surface area contributed by atoms with E-state index < -0.39 is 11.9 Å². The molecule has 2 N–H and O–H groups in total. The third-order valence-electron chi connectivity index (χ3n) is 9.87. The van der Waals surface area contributed by atoms with Crippen molar-refractivity contribution in [3.63, 3.8) is 0 Å². The number of esters is 2. The van der Waals surface area contributed by atoms with E-state index in [0.717, 1.165) is 77.0 Å². The van der Waals surface area contributed by atoms with Crippen LogP contribution in [0.1, 0.15) is 132 Å². The van der Waals surface area contributed by atoms with Crippen LogP contribution in [0.4, 0.5) is 0 Å². The lowest BCUT2D eigenvalue weighted by Gasteiger charge is -2.51. The van der Waals surface area contributed by atoms with Gasteiger partial charge in [0.05, 0.1) is 0 Å². The fourth-order valence-electron chi connectivity index (χ4n) is 6.79. The van der Waals surface area contributed by atoms with Crippen LogP contribution in [0, 0.1) is 0 Å². The Kier molecular flexibility index (Phi) is 11.0. The van der Waals surface area contributed by atoms with Crippen molar-refractivity contribution < 1.29 is 19.1 Å². The summed E-state index contributed by atoms with van der Waals surface area (Å²) in [7, 11) is 0. The highest BCUT2D eigenvalue weighted by Gasteiger charge is 2.46. The topological polar surface area (TPSA) is 76.7 Å². The Morgan fingerprint density at radius 3 is 0.972 bits per heavy atom. The fraction of sp³-hybridized carbons (Fsp3) is 0.867. The number of piperidine rings is 2. The van der Waals surface area contributed by atoms with E-state index in [1.807, 2.05) is 0 Å². The van der Waals surface area contributed by atoms with Crippen molar-refractivity contribution >= 4 is 11.9 Å². The molecule has 0 bridgehead atoms. The minimum absolute atomic E-state index is 0.0248. The Morgan fingerprint density at radius 2 is 0.778 bits per heavy atom. The minimum atomic E-state index is -0.459. The van der Waals surface area contributed by atoms with Gasteiger partial charge in [0.25, 0.3) is 0 Å². The average molecular weight is 507 g/mol. The highest BCUT2D eigenvalue weighted by molar-refractivity contribution is 5.91. The lowest BCUT2D eigenvalue weighted by atomic mass is 9.72. The molecule has 2 rings (SSSR count). The molecule has 208 valence electrons. The van der Waals surface area contributed by atoms with Crippen LogP contribution < -0.4 is 10.6 Å². The summed E-state index contributed by atoms with van der Waals surface area (Å²) in [5.74, 6) is -0.918. The van der Waals surface area contributed by atoms with E-state index >= 15 is 0 Å². The van der Waals surface area contributed by atoms with E-state index in [0.29, 0.717) is 0 Å². The number of hydrogen-bond acceptors (Lipinski definition) is 6. The third-order valence-corrected chi connectivity index (χ3v) is 9.87. The molecule has 2 aliphatic heterocycles. The third kappa shape index (κ3) is 7.12. The number of ether oxygens (including phenoxy) is 2. The highest BCUT2D eigenvalue weighted by atomic mass is 16.5. The maximum Gasteiger partial charge on any atom is 0.331 e. The zero-order valence-corrected chi connectivity index (χ0v) is 24.4. The Labute approximate surface area is 220 Å². The van der Waals surface area contributed by atoms with Gasteiger partial charge in [-0.3, -0.25) is 0 Å². The fourth-order valence-corrected chi connectivity index (χ4v) is 6.79. The molecule has 0 aliphatic carbocycles.